The zero-order valence-corrected chi connectivity index (χ0v) is 12.8. The van der Waals surface area contributed by atoms with Gasteiger partial charge in [0.25, 0.3) is 5.88 Å². The Kier molecular flexibility index (Phi) is 4.35. The third-order valence-electron chi connectivity index (χ3n) is 3.86. The van der Waals surface area contributed by atoms with Crippen LogP contribution in [-0.2, 0) is 6.54 Å². The summed E-state index contributed by atoms with van der Waals surface area (Å²) in [6, 6.07) is 0. The lowest BCUT2D eigenvalue weighted by Crippen LogP contribution is -2.38. The van der Waals surface area contributed by atoms with E-state index >= 15 is 0 Å². The molecular weight excluding hydrogens is 300 g/mol. The predicted molar refractivity (Wildman–Crippen MR) is 80.5 cm³/mol. The van der Waals surface area contributed by atoms with Crippen LogP contribution in [0.4, 0.5) is 5.82 Å². The highest BCUT2D eigenvalue weighted by molar-refractivity contribution is 5.84. The van der Waals surface area contributed by atoms with E-state index < -0.39 is 5.97 Å². The molecule has 9 heteroatoms. The summed E-state index contributed by atoms with van der Waals surface area (Å²) in [5, 5.41) is 16.4. The molecule has 0 radical (unpaired) electrons. The molecule has 9 nitrogen and oxygen atoms in total. The zero-order valence-electron chi connectivity index (χ0n) is 12.8. The van der Waals surface area contributed by atoms with Crippen LogP contribution < -0.4 is 9.64 Å². The van der Waals surface area contributed by atoms with Crippen LogP contribution in [0.15, 0.2) is 18.6 Å². The Morgan fingerprint density at radius 3 is 3.00 bits per heavy atom. The summed E-state index contributed by atoms with van der Waals surface area (Å²) in [4.78, 5) is 21.6. The second kappa shape index (κ2) is 6.59. The van der Waals surface area contributed by atoms with Crippen molar-refractivity contribution in [3.05, 3.63) is 24.3 Å². The summed E-state index contributed by atoms with van der Waals surface area (Å²) in [7, 11) is 1.58. The standard InChI is InChI=1S/C14H18N6O3/c1-23-13-12(15-4-5-16-13)19-6-2-3-10(7-19)8-20-9-11(14(21)22)17-18-20/h4-5,9-10H,2-3,6-8H2,1H3,(H,21,22)/t10-/m1/s1. The molecule has 23 heavy (non-hydrogen) atoms. The minimum Gasteiger partial charge on any atom is -0.478 e. The first kappa shape index (κ1) is 15.2. The molecule has 0 aromatic carbocycles. The van der Waals surface area contributed by atoms with Crippen molar-refractivity contribution >= 4 is 11.8 Å². The Hall–Kier alpha value is -2.71. The molecule has 122 valence electrons. The van der Waals surface area contributed by atoms with Crippen molar-refractivity contribution in [2.45, 2.75) is 19.4 Å². The van der Waals surface area contributed by atoms with E-state index in [0.29, 0.717) is 18.3 Å². The molecule has 1 aliphatic heterocycles. The Morgan fingerprint density at radius 1 is 1.43 bits per heavy atom. The molecule has 3 heterocycles. The minimum absolute atomic E-state index is 0.0340. The monoisotopic (exact) mass is 318 g/mol. The van der Waals surface area contributed by atoms with Crippen LogP contribution in [0.25, 0.3) is 0 Å². The van der Waals surface area contributed by atoms with E-state index in [1.165, 1.54) is 6.20 Å². The van der Waals surface area contributed by atoms with E-state index in [1.54, 1.807) is 24.2 Å². The van der Waals surface area contributed by atoms with E-state index in [2.05, 4.69) is 25.2 Å². The van der Waals surface area contributed by atoms with Gasteiger partial charge in [0, 0.05) is 32.0 Å². The molecule has 0 saturated carbocycles. The summed E-state index contributed by atoms with van der Waals surface area (Å²) in [5.41, 5.74) is -0.0340. The SMILES string of the molecule is COc1nccnc1N1CCC[C@@H](Cn2cc(C(=O)O)nn2)C1. The number of carboxylic acids is 1. The van der Waals surface area contributed by atoms with Gasteiger partial charge in [-0.05, 0) is 18.8 Å². The molecule has 2 aromatic heterocycles. The van der Waals surface area contributed by atoms with E-state index in [4.69, 9.17) is 9.84 Å². The van der Waals surface area contributed by atoms with Gasteiger partial charge in [-0.25, -0.2) is 14.8 Å². The molecule has 0 amide bonds. The van der Waals surface area contributed by atoms with Gasteiger partial charge in [0.05, 0.1) is 13.3 Å². The molecule has 3 rings (SSSR count). The van der Waals surface area contributed by atoms with Gasteiger partial charge in [0.2, 0.25) is 0 Å². The molecule has 1 saturated heterocycles. The fraction of sp³-hybridized carbons (Fsp3) is 0.500. The maximum absolute atomic E-state index is 10.9. The molecule has 2 aromatic rings. The lowest BCUT2D eigenvalue weighted by atomic mass is 9.98. The van der Waals surface area contributed by atoms with Crippen molar-refractivity contribution < 1.29 is 14.6 Å². The van der Waals surface area contributed by atoms with Crippen LogP contribution in [-0.4, -0.2) is 56.2 Å². The summed E-state index contributed by atoms with van der Waals surface area (Å²) in [6.45, 7) is 2.31. The largest absolute Gasteiger partial charge is 0.478 e. The van der Waals surface area contributed by atoms with Crippen LogP contribution in [0.5, 0.6) is 5.88 Å². The highest BCUT2D eigenvalue weighted by Crippen LogP contribution is 2.27. The zero-order chi connectivity index (χ0) is 16.2. The topological polar surface area (TPSA) is 106 Å². The summed E-state index contributed by atoms with van der Waals surface area (Å²) >= 11 is 0. The fourth-order valence-corrected chi connectivity index (χ4v) is 2.84. The predicted octanol–water partition coefficient (Wildman–Crippen LogP) is 0.692. The number of aromatic nitrogens is 5. The smallest absolute Gasteiger partial charge is 0.358 e. The number of piperidine rings is 1. The number of carbonyl (C=O) groups is 1. The average Bonchev–Trinajstić information content (AvgIpc) is 3.04. The second-order valence-corrected chi connectivity index (χ2v) is 5.47. The molecule has 1 atom stereocenters. The Balaban J connectivity index is 1.69. The van der Waals surface area contributed by atoms with Gasteiger partial charge >= 0.3 is 5.97 Å². The van der Waals surface area contributed by atoms with Crippen LogP contribution >= 0.6 is 0 Å². The third-order valence-corrected chi connectivity index (χ3v) is 3.86. The van der Waals surface area contributed by atoms with Gasteiger partial charge in [-0.3, -0.25) is 4.68 Å². The number of anilines is 1. The van der Waals surface area contributed by atoms with Crippen LogP contribution in [0.3, 0.4) is 0 Å². The second-order valence-electron chi connectivity index (χ2n) is 5.47. The normalized spacial score (nSPS) is 18.0. The van der Waals surface area contributed by atoms with Crippen molar-refractivity contribution in [2.75, 3.05) is 25.1 Å². The quantitative estimate of drug-likeness (QED) is 0.858. The number of rotatable bonds is 5. The number of carboxylic acid groups (broad SMARTS) is 1. The molecule has 0 unspecified atom stereocenters. The first-order valence-electron chi connectivity index (χ1n) is 7.40. The van der Waals surface area contributed by atoms with Gasteiger partial charge in [0.15, 0.2) is 11.5 Å². The van der Waals surface area contributed by atoms with Crippen LogP contribution in [0, 0.1) is 5.92 Å². The van der Waals surface area contributed by atoms with Crippen molar-refractivity contribution in [2.24, 2.45) is 5.92 Å². The van der Waals surface area contributed by atoms with Gasteiger partial charge in [-0.1, -0.05) is 5.21 Å². The highest BCUT2D eigenvalue weighted by Gasteiger charge is 2.24. The number of ether oxygens (including phenoxy) is 1. The van der Waals surface area contributed by atoms with Crippen molar-refractivity contribution in [3.63, 3.8) is 0 Å². The minimum atomic E-state index is -1.06. The maximum Gasteiger partial charge on any atom is 0.358 e. The maximum atomic E-state index is 10.9. The fourth-order valence-electron chi connectivity index (χ4n) is 2.84. The van der Waals surface area contributed by atoms with Crippen LogP contribution in [0.2, 0.25) is 0 Å². The van der Waals surface area contributed by atoms with Gasteiger partial charge < -0.3 is 14.7 Å². The lowest BCUT2D eigenvalue weighted by molar-refractivity contribution is 0.0690. The molecule has 0 spiro atoms. The van der Waals surface area contributed by atoms with Crippen LogP contribution in [0.1, 0.15) is 23.3 Å². The molecule has 0 aliphatic carbocycles. The van der Waals surface area contributed by atoms with Gasteiger partial charge in [0.1, 0.15) is 0 Å². The number of hydrogen-bond donors (Lipinski definition) is 1. The van der Waals surface area contributed by atoms with Crippen molar-refractivity contribution in [3.8, 4) is 5.88 Å². The van der Waals surface area contributed by atoms with Gasteiger partial charge in [-0.15, -0.1) is 5.10 Å². The molecule has 0 bridgehead atoms. The van der Waals surface area contributed by atoms with E-state index in [9.17, 15) is 4.79 Å². The Morgan fingerprint density at radius 2 is 2.26 bits per heavy atom. The molecule has 1 aliphatic rings. The van der Waals surface area contributed by atoms with E-state index in [1.807, 2.05) is 0 Å². The van der Waals surface area contributed by atoms with Crippen molar-refractivity contribution in [1.82, 2.24) is 25.0 Å². The Bertz CT molecular complexity index is 689. The highest BCUT2D eigenvalue weighted by atomic mass is 16.5. The summed E-state index contributed by atoms with van der Waals surface area (Å²) in [6.07, 6.45) is 6.78. The van der Waals surface area contributed by atoms with Gasteiger partial charge in [-0.2, -0.15) is 0 Å². The molecule has 1 N–H and O–H groups in total. The van der Waals surface area contributed by atoms with E-state index in [0.717, 1.165) is 31.7 Å². The van der Waals surface area contributed by atoms with E-state index in [-0.39, 0.29) is 5.69 Å². The number of aromatic carboxylic acids is 1. The Labute approximate surface area is 132 Å². The summed E-state index contributed by atoms with van der Waals surface area (Å²) in [5.74, 6) is 0.524. The molecule has 1 fully saturated rings. The number of hydrogen-bond acceptors (Lipinski definition) is 7. The average molecular weight is 318 g/mol. The summed E-state index contributed by atoms with van der Waals surface area (Å²) < 4.78 is 6.86. The molecular formula is C14H18N6O3. The lowest BCUT2D eigenvalue weighted by Gasteiger charge is -2.33. The number of nitrogens with zero attached hydrogens (tertiary/aromatic N) is 6. The number of methoxy groups -OCH3 is 1. The first-order chi connectivity index (χ1) is 11.2. The third kappa shape index (κ3) is 3.38. The first-order valence-corrected chi connectivity index (χ1v) is 7.40. The van der Waals surface area contributed by atoms with Crippen molar-refractivity contribution in [1.29, 1.82) is 0 Å².